The highest BCUT2D eigenvalue weighted by Crippen LogP contribution is 2.46. The van der Waals surface area contributed by atoms with Crippen LogP contribution in [0, 0.1) is 0 Å². The molecule has 0 radical (unpaired) electrons. The van der Waals surface area contributed by atoms with E-state index in [-0.39, 0.29) is 0 Å². The van der Waals surface area contributed by atoms with Gasteiger partial charge in [-0.05, 0) is 190 Å². The molecule has 0 amide bonds. The first-order valence-electron chi connectivity index (χ1n) is 35.5. The SMILES string of the molecule is c1ccc2c(N(c3ccc(-c4ccc(N(c5ccc(-c6ccc(N(c7ccc(-n8c9ccccc9c9ccccc98)cc7)c7cccc8ccccc78)cc6)cc5)c5ccc(-c6cccc7c6oc6ccccc67)cc5)cc4)cc3)c3ccc(-n4c5ccccc5c5ccccc54)cc3)cccc2c1. The summed E-state index contributed by atoms with van der Waals surface area (Å²) in [6.07, 6.45) is 0. The van der Waals surface area contributed by atoms with Crippen LogP contribution in [0.1, 0.15) is 0 Å². The summed E-state index contributed by atoms with van der Waals surface area (Å²) in [7, 11) is 0. The second kappa shape index (κ2) is 25.0. The van der Waals surface area contributed by atoms with Crippen LogP contribution in [-0.4, -0.2) is 9.13 Å². The van der Waals surface area contributed by atoms with Crippen molar-refractivity contribution in [1.82, 2.24) is 9.13 Å². The Morgan fingerprint density at radius 1 is 0.192 bits per heavy atom. The summed E-state index contributed by atoms with van der Waals surface area (Å²) in [6, 6.07) is 143. The van der Waals surface area contributed by atoms with Crippen LogP contribution in [0.3, 0.4) is 0 Å². The van der Waals surface area contributed by atoms with Gasteiger partial charge in [-0.1, -0.05) is 243 Å². The molecule has 0 aliphatic rings. The summed E-state index contributed by atoms with van der Waals surface area (Å²) in [6.45, 7) is 0. The van der Waals surface area contributed by atoms with Crippen molar-refractivity contribution in [2.24, 2.45) is 0 Å². The number of para-hydroxylation sites is 6. The van der Waals surface area contributed by atoms with Crippen molar-refractivity contribution in [3.05, 3.63) is 394 Å². The number of fused-ring (bicyclic) bond motifs is 11. The Hall–Kier alpha value is -13.9. The van der Waals surface area contributed by atoms with E-state index in [0.717, 1.165) is 118 Å². The van der Waals surface area contributed by atoms with Gasteiger partial charge in [0.05, 0.1) is 33.4 Å². The quantitative estimate of drug-likeness (QED) is 0.109. The maximum absolute atomic E-state index is 6.56. The predicted octanol–water partition coefficient (Wildman–Crippen LogP) is 27.5. The first kappa shape index (κ1) is 60.1. The van der Waals surface area contributed by atoms with Crippen molar-refractivity contribution in [3.63, 3.8) is 0 Å². The maximum Gasteiger partial charge on any atom is 0.143 e. The number of hydrogen-bond donors (Lipinski definition) is 0. The molecule has 0 saturated heterocycles. The topological polar surface area (TPSA) is 32.7 Å². The molecule has 0 N–H and O–H groups in total. The minimum Gasteiger partial charge on any atom is -0.455 e. The van der Waals surface area contributed by atoms with Gasteiger partial charge >= 0.3 is 0 Å². The lowest BCUT2D eigenvalue weighted by molar-refractivity contribution is 0.670. The van der Waals surface area contributed by atoms with E-state index in [9.17, 15) is 0 Å². The molecule has 6 nitrogen and oxygen atoms in total. The third-order valence-electron chi connectivity index (χ3n) is 20.9. The zero-order valence-corrected chi connectivity index (χ0v) is 56.7. The van der Waals surface area contributed by atoms with Crippen LogP contribution < -0.4 is 14.7 Å². The average Bonchev–Trinajstić information content (AvgIpc) is 1.60. The number of hydrogen-bond acceptors (Lipinski definition) is 4. The number of furan rings is 1. The molecule has 104 heavy (non-hydrogen) atoms. The van der Waals surface area contributed by atoms with E-state index in [4.69, 9.17) is 4.42 Å². The molecule has 20 aromatic rings. The smallest absolute Gasteiger partial charge is 0.143 e. The Bertz CT molecular complexity index is 6180. The third-order valence-corrected chi connectivity index (χ3v) is 20.9. The summed E-state index contributed by atoms with van der Waals surface area (Å²) >= 11 is 0. The van der Waals surface area contributed by atoms with Crippen molar-refractivity contribution in [2.75, 3.05) is 14.7 Å². The summed E-state index contributed by atoms with van der Waals surface area (Å²) in [5.74, 6) is 0. The monoisotopic (exact) mass is 1330 g/mol. The van der Waals surface area contributed by atoms with Crippen molar-refractivity contribution < 1.29 is 4.42 Å². The second-order valence-electron chi connectivity index (χ2n) is 26.8. The van der Waals surface area contributed by atoms with Gasteiger partial charge in [-0.25, -0.2) is 0 Å². The molecule has 0 unspecified atom stereocenters. The molecule has 0 saturated carbocycles. The van der Waals surface area contributed by atoms with Gasteiger partial charge in [0.1, 0.15) is 11.2 Å². The summed E-state index contributed by atoms with van der Waals surface area (Å²) in [5.41, 5.74) is 25.0. The van der Waals surface area contributed by atoms with Crippen molar-refractivity contribution >= 4 is 138 Å². The Morgan fingerprint density at radius 2 is 0.471 bits per heavy atom. The molecule has 0 fully saturated rings. The van der Waals surface area contributed by atoms with Crippen LogP contribution in [0.15, 0.2) is 399 Å². The van der Waals surface area contributed by atoms with Crippen LogP contribution in [0.4, 0.5) is 51.2 Å². The minimum absolute atomic E-state index is 0.887. The molecule has 0 aliphatic heterocycles. The number of aromatic nitrogens is 2. The van der Waals surface area contributed by atoms with Gasteiger partial charge in [-0.3, -0.25) is 0 Å². The van der Waals surface area contributed by atoms with Crippen LogP contribution in [0.25, 0.3) is 132 Å². The van der Waals surface area contributed by atoms with Gasteiger partial charge in [0.2, 0.25) is 0 Å². The van der Waals surface area contributed by atoms with Crippen LogP contribution >= 0.6 is 0 Å². The zero-order chi connectivity index (χ0) is 68.6. The molecule has 488 valence electrons. The lowest BCUT2D eigenvalue weighted by Crippen LogP contribution is -2.11. The molecule has 3 heterocycles. The molecular formula is C98H65N5O. The Balaban J connectivity index is 0.632. The summed E-state index contributed by atoms with van der Waals surface area (Å²) in [4.78, 5) is 7.14. The first-order chi connectivity index (χ1) is 51.6. The number of nitrogens with zero attached hydrogens (tertiary/aromatic N) is 5. The van der Waals surface area contributed by atoms with Gasteiger partial charge in [-0.2, -0.15) is 0 Å². The molecule has 20 rings (SSSR count). The van der Waals surface area contributed by atoms with E-state index in [1.54, 1.807) is 0 Å². The summed E-state index contributed by atoms with van der Waals surface area (Å²) < 4.78 is 11.3. The fourth-order valence-electron chi connectivity index (χ4n) is 16.0. The Kier molecular flexibility index (Phi) is 14.5. The van der Waals surface area contributed by atoms with E-state index in [2.05, 4.69) is 406 Å². The van der Waals surface area contributed by atoms with E-state index >= 15 is 0 Å². The van der Waals surface area contributed by atoms with Gasteiger partial charge in [0.15, 0.2) is 0 Å². The second-order valence-corrected chi connectivity index (χ2v) is 26.8. The van der Waals surface area contributed by atoms with E-state index < -0.39 is 0 Å². The normalized spacial score (nSPS) is 11.7. The largest absolute Gasteiger partial charge is 0.455 e. The zero-order valence-electron chi connectivity index (χ0n) is 56.7. The molecule has 6 heteroatoms. The van der Waals surface area contributed by atoms with Crippen LogP contribution in [0.2, 0.25) is 0 Å². The van der Waals surface area contributed by atoms with E-state index in [0.29, 0.717) is 0 Å². The molecule has 0 aliphatic carbocycles. The van der Waals surface area contributed by atoms with Gasteiger partial charge < -0.3 is 28.3 Å². The molecule has 17 aromatic carbocycles. The predicted molar refractivity (Wildman–Crippen MR) is 438 cm³/mol. The lowest BCUT2D eigenvalue weighted by atomic mass is 10.0. The fraction of sp³-hybridized carbons (Fsp3) is 0. The lowest BCUT2D eigenvalue weighted by Gasteiger charge is -2.27. The number of anilines is 9. The van der Waals surface area contributed by atoms with Crippen molar-refractivity contribution in [1.29, 1.82) is 0 Å². The number of rotatable bonds is 14. The third kappa shape index (κ3) is 10.3. The van der Waals surface area contributed by atoms with Crippen LogP contribution in [0.5, 0.6) is 0 Å². The van der Waals surface area contributed by atoms with Gasteiger partial charge in [0, 0.05) is 99.8 Å². The molecule has 0 spiro atoms. The molecular weight excluding hydrogens is 1260 g/mol. The summed E-state index contributed by atoms with van der Waals surface area (Å²) in [5, 5.41) is 12.0. The first-order valence-corrected chi connectivity index (χ1v) is 35.5. The van der Waals surface area contributed by atoms with Crippen molar-refractivity contribution in [3.8, 4) is 44.8 Å². The average molecular weight is 1330 g/mol. The standard InChI is InChI=1S/C98H65N5O/c1-3-22-82-70(18-1)20-15-35-91(82)100(78-58-62-80(63-59-78)102-93-31-10-5-24-85(93)86-25-6-11-32-94(86)102)76-52-42-68(43-53-76)66-38-48-73(49-39-66)99(75-56-46-72(47-57-75)84-29-17-30-90-89-28-9-14-37-97(89)104-98(84)90)74-50-40-67(41-51-74)69-44-54-77(55-45-69)101(92-36-16-21-71-19-2-4-23-83(71)92)79-60-64-81(65-61-79)103-95-33-12-7-26-87(95)88-27-8-13-34-96(88)103/h1-65H. The number of benzene rings is 17. The molecule has 0 bridgehead atoms. The van der Waals surface area contributed by atoms with Gasteiger partial charge in [-0.15, -0.1) is 0 Å². The van der Waals surface area contributed by atoms with E-state index in [1.165, 1.54) is 65.2 Å². The molecule has 0 atom stereocenters. The Morgan fingerprint density at radius 3 is 0.856 bits per heavy atom. The van der Waals surface area contributed by atoms with Gasteiger partial charge in [0.25, 0.3) is 0 Å². The molecule has 3 aromatic heterocycles. The highest BCUT2D eigenvalue weighted by atomic mass is 16.3. The highest BCUT2D eigenvalue weighted by Gasteiger charge is 2.22. The Labute approximate surface area is 601 Å². The maximum atomic E-state index is 6.56. The van der Waals surface area contributed by atoms with Crippen molar-refractivity contribution in [2.45, 2.75) is 0 Å². The minimum atomic E-state index is 0.887. The van der Waals surface area contributed by atoms with Crippen LogP contribution in [-0.2, 0) is 0 Å². The van der Waals surface area contributed by atoms with E-state index in [1.807, 2.05) is 12.1 Å². The fourth-order valence-corrected chi connectivity index (χ4v) is 16.0. The highest BCUT2D eigenvalue weighted by molar-refractivity contribution is 6.12.